The average molecular weight is 432 g/mol. The molecule has 0 radical (unpaired) electrons. The minimum atomic E-state index is 0.00663. The first-order valence-electron chi connectivity index (χ1n) is 10.2. The number of amides is 1. The van der Waals surface area contributed by atoms with Gasteiger partial charge in [-0.05, 0) is 37.2 Å². The molecule has 2 aliphatic heterocycles. The highest BCUT2D eigenvalue weighted by Gasteiger charge is 2.37. The van der Waals surface area contributed by atoms with Crippen LogP contribution in [0.1, 0.15) is 28.3 Å². The Bertz CT molecular complexity index is 832. The lowest BCUT2D eigenvalue weighted by Gasteiger charge is -2.46. The van der Waals surface area contributed by atoms with Gasteiger partial charge in [0.1, 0.15) is 0 Å². The quantitative estimate of drug-likeness (QED) is 0.726. The molecule has 2 aromatic rings. The average Bonchev–Trinajstić information content (AvgIpc) is 2.73. The van der Waals surface area contributed by atoms with Crippen molar-refractivity contribution in [1.29, 1.82) is 0 Å². The smallest absolute Gasteiger partial charge is 0.253 e. The van der Waals surface area contributed by atoms with E-state index in [1.54, 1.807) is 18.2 Å². The molecule has 6 heteroatoms. The summed E-state index contributed by atoms with van der Waals surface area (Å²) < 4.78 is 0. The summed E-state index contributed by atoms with van der Waals surface area (Å²) in [6, 6.07) is 16.1. The Morgan fingerprint density at radius 3 is 2.24 bits per heavy atom. The predicted octanol–water partition coefficient (Wildman–Crippen LogP) is 4.24. The summed E-state index contributed by atoms with van der Waals surface area (Å²) in [6.07, 6.45) is 0.976. The summed E-state index contributed by atoms with van der Waals surface area (Å²) in [4.78, 5) is 20.2. The van der Waals surface area contributed by atoms with Crippen molar-refractivity contribution >= 4 is 29.1 Å². The number of hydrogen-bond donors (Lipinski definition) is 0. The highest BCUT2D eigenvalue weighted by molar-refractivity contribution is 6.35. The molecule has 4 rings (SSSR count). The molecule has 154 valence electrons. The number of carbonyl (C=O) groups excluding carboxylic acids is 1. The van der Waals surface area contributed by atoms with Gasteiger partial charge in [0.15, 0.2) is 0 Å². The van der Waals surface area contributed by atoms with Crippen molar-refractivity contribution in [2.75, 3.05) is 46.3 Å². The second-order valence-corrected chi connectivity index (χ2v) is 8.99. The zero-order valence-electron chi connectivity index (χ0n) is 16.7. The van der Waals surface area contributed by atoms with E-state index in [2.05, 4.69) is 41.1 Å². The van der Waals surface area contributed by atoms with Crippen LogP contribution in [0.5, 0.6) is 0 Å². The minimum absolute atomic E-state index is 0.00663. The number of halogens is 2. The van der Waals surface area contributed by atoms with E-state index in [4.69, 9.17) is 23.2 Å². The van der Waals surface area contributed by atoms with E-state index in [-0.39, 0.29) is 5.91 Å². The molecule has 0 aromatic heterocycles. The van der Waals surface area contributed by atoms with Crippen LogP contribution < -0.4 is 0 Å². The summed E-state index contributed by atoms with van der Waals surface area (Å²) >= 11 is 12.3. The van der Waals surface area contributed by atoms with E-state index >= 15 is 0 Å². The maximum Gasteiger partial charge on any atom is 0.253 e. The molecule has 0 bridgehead atoms. The Hall–Kier alpha value is -1.59. The standard InChI is InChI=1S/C23H27Cl2N3O/c1-26-9-11-27(12-10-26)22-7-8-28(16-21(22)17-5-3-2-4-6-17)23(29)18-13-19(24)15-20(25)14-18/h2-6,13-15,21-22H,7-12,16H2,1H3/t21-,22-/m1/s1. The zero-order chi connectivity index (χ0) is 20.4. The topological polar surface area (TPSA) is 26.8 Å². The van der Waals surface area contributed by atoms with E-state index < -0.39 is 0 Å². The number of piperazine rings is 1. The molecule has 29 heavy (non-hydrogen) atoms. The Balaban J connectivity index is 1.57. The molecule has 2 aliphatic rings. The maximum atomic E-state index is 13.2. The Morgan fingerprint density at radius 1 is 0.931 bits per heavy atom. The summed E-state index contributed by atoms with van der Waals surface area (Å²) in [6.45, 7) is 5.83. The Labute approximate surface area is 183 Å². The van der Waals surface area contributed by atoms with Gasteiger partial charge in [0.05, 0.1) is 0 Å². The third-order valence-electron chi connectivity index (χ3n) is 6.21. The van der Waals surface area contributed by atoms with Gasteiger partial charge in [-0.25, -0.2) is 0 Å². The summed E-state index contributed by atoms with van der Waals surface area (Å²) in [7, 11) is 2.18. The number of benzene rings is 2. The molecular weight excluding hydrogens is 405 g/mol. The van der Waals surface area contributed by atoms with Crippen molar-refractivity contribution in [3.05, 3.63) is 69.7 Å². The molecule has 0 saturated carbocycles. The molecule has 1 amide bonds. The molecule has 2 atom stereocenters. The number of likely N-dealkylation sites (tertiary alicyclic amines) is 1. The van der Waals surface area contributed by atoms with E-state index in [9.17, 15) is 4.79 Å². The van der Waals surface area contributed by atoms with Crippen molar-refractivity contribution < 1.29 is 4.79 Å². The molecule has 0 aliphatic carbocycles. The molecule has 0 N–H and O–H groups in total. The van der Waals surface area contributed by atoms with Crippen molar-refractivity contribution in [2.45, 2.75) is 18.4 Å². The van der Waals surface area contributed by atoms with Gasteiger partial charge in [-0.15, -0.1) is 0 Å². The van der Waals surface area contributed by atoms with Gasteiger partial charge in [-0.1, -0.05) is 53.5 Å². The number of carbonyl (C=O) groups is 1. The van der Waals surface area contributed by atoms with Gasteiger partial charge >= 0.3 is 0 Å². The first kappa shape index (κ1) is 20.7. The normalized spacial score (nSPS) is 23.9. The fourth-order valence-electron chi connectivity index (χ4n) is 4.60. The lowest BCUT2D eigenvalue weighted by atomic mass is 9.84. The van der Waals surface area contributed by atoms with Gasteiger partial charge in [-0.2, -0.15) is 0 Å². The second kappa shape index (κ2) is 9.05. The molecule has 2 heterocycles. The fraction of sp³-hybridized carbons (Fsp3) is 0.435. The van der Waals surface area contributed by atoms with Crippen LogP contribution in [0.15, 0.2) is 48.5 Å². The van der Waals surface area contributed by atoms with Crippen LogP contribution in [0.25, 0.3) is 0 Å². The van der Waals surface area contributed by atoms with Crippen LogP contribution in [0.2, 0.25) is 10.0 Å². The van der Waals surface area contributed by atoms with Crippen LogP contribution in [0.4, 0.5) is 0 Å². The van der Waals surface area contributed by atoms with E-state index in [1.165, 1.54) is 5.56 Å². The molecule has 4 nitrogen and oxygen atoms in total. The number of piperidine rings is 1. The molecular formula is C23H27Cl2N3O. The van der Waals surface area contributed by atoms with Gasteiger partial charge in [0.2, 0.25) is 0 Å². The Morgan fingerprint density at radius 2 is 1.59 bits per heavy atom. The van der Waals surface area contributed by atoms with Gasteiger partial charge in [-0.3, -0.25) is 9.69 Å². The highest BCUT2D eigenvalue weighted by atomic mass is 35.5. The first-order chi connectivity index (χ1) is 14.0. The second-order valence-electron chi connectivity index (χ2n) is 8.12. The van der Waals surface area contributed by atoms with Crippen molar-refractivity contribution in [2.24, 2.45) is 0 Å². The first-order valence-corrected chi connectivity index (χ1v) is 11.0. The van der Waals surface area contributed by atoms with E-state index in [0.717, 1.165) is 39.1 Å². The lowest BCUT2D eigenvalue weighted by molar-refractivity contribution is 0.0427. The SMILES string of the molecule is CN1CCN([C@@H]2CCN(C(=O)c3cc(Cl)cc(Cl)c3)C[C@@H]2c2ccccc2)CC1. The van der Waals surface area contributed by atoms with Gasteiger partial charge in [0.25, 0.3) is 5.91 Å². The lowest BCUT2D eigenvalue weighted by Crippen LogP contribution is -2.56. The molecule has 2 fully saturated rings. The summed E-state index contributed by atoms with van der Waals surface area (Å²) in [5.74, 6) is 0.305. The highest BCUT2D eigenvalue weighted by Crippen LogP contribution is 2.32. The molecule has 0 unspecified atom stereocenters. The monoisotopic (exact) mass is 431 g/mol. The summed E-state index contributed by atoms with van der Waals surface area (Å²) in [5, 5.41) is 0.987. The number of hydrogen-bond acceptors (Lipinski definition) is 3. The van der Waals surface area contributed by atoms with Crippen LogP contribution >= 0.6 is 23.2 Å². The largest absolute Gasteiger partial charge is 0.338 e. The van der Waals surface area contributed by atoms with E-state index in [0.29, 0.717) is 34.1 Å². The van der Waals surface area contributed by atoms with Crippen LogP contribution in [-0.2, 0) is 0 Å². The third-order valence-corrected chi connectivity index (χ3v) is 6.64. The van der Waals surface area contributed by atoms with Gasteiger partial charge in [0, 0.05) is 66.8 Å². The zero-order valence-corrected chi connectivity index (χ0v) is 18.2. The van der Waals surface area contributed by atoms with Crippen LogP contribution in [0.3, 0.4) is 0 Å². The molecule has 2 saturated heterocycles. The summed E-state index contributed by atoms with van der Waals surface area (Å²) in [5.41, 5.74) is 1.87. The van der Waals surface area contributed by atoms with Crippen molar-refractivity contribution in [3.8, 4) is 0 Å². The van der Waals surface area contributed by atoms with E-state index in [1.807, 2.05) is 11.0 Å². The van der Waals surface area contributed by atoms with Crippen molar-refractivity contribution in [3.63, 3.8) is 0 Å². The predicted molar refractivity (Wildman–Crippen MR) is 119 cm³/mol. The Kier molecular flexibility index (Phi) is 6.45. The van der Waals surface area contributed by atoms with Crippen LogP contribution in [-0.4, -0.2) is 73.0 Å². The fourth-order valence-corrected chi connectivity index (χ4v) is 5.13. The number of rotatable bonds is 3. The molecule has 2 aromatic carbocycles. The minimum Gasteiger partial charge on any atom is -0.338 e. The van der Waals surface area contributed by atoms with Crippen molar-refractivity contribution in [1.82, 2.24) is 14.7 Å². The maximum absolute atomic E-state index is 13.2. The third kappa shape index (κ3) is 4.77. The number of nitrogens with zero attached hydrogens (tertiary/aromatic N) is 3. The van der Waals surface area contributed by atoms with Crippen LogP contribution in [0, 0.1) is 0 Å². The molecule has 0 spiro atoms. The van der Waals surface area contributed by atoms with Gasteiger partial charge < -0.3 is 9.80 Å². The number of likely N-dealkylation sites (N-methyl/N-ethyl adjacent to an activating group) is 1.